The first kappa shape index (κ1) is 14.4. The maximum Gasteiger partial charge on any atom is 0.306 e. The normalized spacial score (nSPS) is 10.7. The summed E-state index contributed by atoms with van der Waals surface area (Å²) >= 11 is 0. The van der Waals surface area contributed by atoms with Crippen molar-refractivity contribution in [3.05, 3.63) is 17.1 Å². The maximum absolute atomic E-state index is 10.5. The Bertz CT molecular complexity index is 430. The molecule has 0 saturated heterocycles. The standard InChI is InChI=1S/C13H20N2O3/c1-5-10-9(4)14-12(8(2)3)15-13(10)18-7-6-11(16)17/h8H,5-7H2,1-4H3,(H,16,17). The average molecular weight is 252 g/mol. The molecule has 0 aliphatic carbocycles. The van der Waals surface area contributed by atoms with Gasteiger partial charge in [-0.3, -0.25) is 4.79 Å². The molecular formula is C13H20N2O3. The zero-order valence-electron chi connectivity index (χ0n) is 11.4. The summed E-state index contributed by atoms with van der Waals surface area (Å²) in [4.78, 5) is 19.3. The van der Waals surface area contributed by atoms with Gasteiger partial charge in [0.2, 0.25) is 5.88 Å². The van der Waals surface area contributed by atoms with Crippen molar-refractivity contribution in [2.45, 2.75) is 46.5 Å². The monoisotopic (exact) mass is 252 g/mol. The zero-order valence-corrected chi connectivity index (χ0v) is 11.4. The van der Waals surface area contributed by atoms with Gasteiger partial charge in [0.05, 0.1) is 6.42 Å². The lowest BCUT2D eigenvalue weighted by atomic mass is 10.1. The SMILES string of the molecule is CCc1c(C)nc(C(C)C)nc1OCCC(=O)O. The maximum atomic E-state index is 10.5. The van der Waals surface area contributed by atoms with Crippen LogP contribution in [0.15, 0.2) is 0 Å². The summed E-state index contributed by atoms with van der Waals surface area (Å²) in [7, 11) is 0. The van der Waals surface area contributed by atoms with Gasteiger partial charge in [-0.2, -0.15) is 4.98 Å². The second kappa shape index (κ2) is 6.33. The molecule has 0 amide bonds. The van der Waals surface area contributed by atoms with Gasteiger partial charge >= 0.3 is 5.97 Å². The number of hydrogen-bond donors (Lipinski definition) is 1. The first-order valence-electron chi connectivity index (χ1n) is 6.17. The van der Waals surface area contributed by atoms with Crippen LogP contribution >= 0.6 is 0 Å². The number of aliphatic carboxylic acids is 1. The van der Waals surface area contributed by atoms with Crippen molar-refractivity contribution in [1.29, 1.82) is 0 Å². The zero-order chi connectivity index (χ0) is 13.7. The topological polar surface area (TPSA) is 72.3 Å². The molecular weight excluding hydrogens is 232 g/mol. The van der Waals surface area contributed by atoms with Crippen LogP contribution in [0.2, 0.25) is 0 Å². The number of aromatic nitrogens is 2. The fourth-order valence-corrected chi connectivity index (χ4v) is 1.61. The van der Waals surface area contributed by atoms with E-state index in [0.29, 0.717) is 5.88 Å². The summed E-state index contributed by atoms with van der Waals surface area (Å²) in [6, 6.07) is 0. The first-order chi connectivity index (χ1) is 8.45. The summed E-state index contributed by atoms with van der Waals surface area (Å²) < 4.78 is 5.48. The first-order valence-corrected chi connectivity index (χ1v) is 6.17. The van der Waals surface area contributed by atoms with Gasteiger partial charge in [-0.1, -0.05) is 20.8 Å². The lowest BCUT2D eigenvalue weighted by Gasteiger charge is -2.13. The third-order valence-corrected chi connectivity index (χ3v) is 2.62. The third kappa shape index (κ3) is 3.68. The van der Waals surface area contributed by atoms with E-state index in [-0.39, 0.29) is 18.9 Å². The molecule has 1 heterocycles. The van der Waals surface area contributed by atoms with Gasteiger partial charge in [0.25, 0.3) is 0 Å². The highest BCUT2D eigenvalue weighted by Crippen LogP contribution is 2.22. The van der Waals surface area contributed by atoms with Crippen molar-refractivity contribution in [2.24, 2.45) is 0 Å². The largest absolute Gasteiger partial charge is 0.481 e. The summed E-state index contributed by atoms with van der Waals surface area (Å²) in [5.74, 6) is 0.601. The molecule has 0 atom stereocenters. The number of carboxylic acids is 1. The number of carbonyl (C=O) groups is 1. The van der Waals surface area contributed by atoms with Gasteiger partial charge < -0.3 is 9.84 Å². The van der Waals surface area contributed by atoms with Crippen molar-refractivity contribution in [2.75, 3.05) is 6.61 Å². The molecule has 0 aromatic carbocycles. The number of nitrogens with zero attached hydrogens (tertiary/aromatic N) is 2. The summed E-state index contributed by atoms with van der Waals surface area (Å²) in [6.45, 7) is 8.10. The molecule has 0 unspecified atom stereocenters. The highest BCUT2D eigenvalue weighted by molar-refractivity contribution is 5.66. The number of aryl methyl sites for hydroxylation is 1. The van der Waals surface area contributed by atoms with Crippen LogP contribution in [-0.2, 0) is 11.2 Å². The Morgan fingerprint density at radius 3 is 2.56 bits per heavy atom. The smallest absolute Gasteiger partial charge is 0.306 e. The summed E-state index contributed by atoms with van der Waals surface area (Å²) in [5.41, 5.74) is 1.85. The molecule has 0 radical (unpaired) electrons. The van der Waals surface area contributed by atoms with Crippen LogP contribution in [0.1, 0.15) is 50.2 Å². The van der Waals surface area contributed by atoms with E-state index < -0.39 is 5.97 Å². The van der Waals surface area contributed by atoms with Crippen LogP contribution in [0, 0.1) is 6.92 Å². The highest BCUT2D eigenvalue weighted by atomic mass is 16.5. The third-order valence-electron chi connectivity index (χ3n) is 2.62. The van der Waals surface area contributed by atoms with Crippen LogP contribution in [0.3, 0.4) is 0 Å². The number of carboxylic acid groups (broad SMARTS) is 1. The van der Waals surface area contributed by atoms with Crippen molar-refractivity contribution in [3.8, 4) is 5.88 Å². The molecule has 1 aromatic heterocycles. The predicted octanol–water partition coefficient (Wildman–Crippen LogP) is 2.32. The predicted molar refractivity (Wildman–Crippen MR) is 68.0 cm³/mol. The van der Waals surface area contributed by atoms with Crippen LogP contribution in [0.4, 0.5) is 0 Å². The molecule has 5 nitrogen and oxygen atoms in total. The summed E-state index contributed by atoms with van der Waals surface area (Å²) in [6.07, 6.45) is 0.746. The minimum Gasteiger partial charge on any atom is -0.481 e. The number of hydrogen-bond acceptors (Lipinski definition) is 4. The minimum atomic E-state index is -0.872. The van der Waals surface area contributed by atoms with E-state index in [1.54, 1.807) is 0 Å². The lowest BCUT2D eigenvalue weighted by Crippen LogP contribution is -2.11. The molecule has 18 heavy (non-hydrogen) atoms. The van der Waals surface area contributed by atoms with Gasteiger partial charge in [0.1, 0.15) is 12.4 Å². The van der Waals surface area contributed by atoms with E-state index in [1.165, 1.54) is 0 Å². The van der Waals surface area contributed by atoms with Crippen molar-refractivity contribution in [1.82, 2.24) is 9.97 Å². The Balaban J connectivity index is 2.95. The Hall–Kier alpha value is -1.65. The highest BCUT2D eigenvalue weighted by Gasteiger charge is 2.13. The van der Waals surface area contributed by atoms with Crippen LogP contribution < -0.4 is 4.74 Å². The lowest BCUT2D eigenvalue weighted by molar-refractivity contribution is -0.137. The van der Waals surface area contributed by atoms with E-state index in [0.717, 1.165) is 23.5 Å². The minimum absolute atomic E-state index is 0.0246. The molecule has 0 spiro atoms. The Kier molecular flexibility index (Phi) is 5.07. The van der Waals surface area contributed by atoms with Gasteiger partial charge in [0, 0.05) is 17.2 Å². The quantitative estimate of drug-likeness (QED) is 0.841. The average Bonchev–Trinajstić information content (AvgIpc) is 2.27. The number of ether oxygens (including phenoxy) is 1. The van der Waals surface area contributed by atoms with Gasteiger partial charge in [0.15, 0.2) is 0 Å². The fraction of sp³-hybridized carbons (Fsp3) is 0.615. The molecule has 0 saturated carbocycles. The van der Waals surface area contributed by atoms with E-state index in [2.05, 4.69) is 9.97 Å². The Labute approximate surface area is 107 Å². The van der Waals surface area contributed by atoms with Crippen LogP contribution in [-0.4, -0.2) is 27.7 Å². The molecule has 5 heteroatoms. The van der Waals surface area contributed by atoms with E-state index in [1.807, 2.05) is 27.7 Å². The second-order valence-corrected chi connectivity index (χ2v) is 4.45. The molecule has 0 aliphatic heterocycles. The molecule has 100 valence electrons. The molecule has 0 bridgehead atoms. The van der Waals surface area contributed by atoms with Crippen LogP contribution in [0.25, 0.3) is 0 Å². The van der Waals surface area contributed by atoms with E-state index in [9.17, 15) is 4.79 Å². The Morgan fingerprint density at radius 1 is 1.39 bits per heavy atom. The molecule has 0 aliphatic rings. The van der Waals surface area contributed by atoms with Crippen LogP contribution in [0.5, 0.6) is 5.88 Å². The van der Waals surface area contributed by atoms with Gasteiger partial charge in [-0.25, -0.2) is 4.98 Å². The second-order valence-electron chi connectivity index (χ2n) is 4.45. The molecule has 1 rings (SSSR count). The number of rotatable bonds is 6. The molecule has 1 N–H and O–H groups in total. The summed E-state index contributed by atoms with van der Waals surface area (Å²) in [5, 5.41) is 8.60. The fourth-order valence-electron chi connectivity index (χ4n) is 1.61. The Morgan fingerprint density at radius 2 is 2.06 bits per heavy atom. The van der Waals surface area contributed by atoms with E-state index >= 15 is 0 Å². The molecule has 1 aromatic rings. The van der Waals surface area contributed by atoms with Crippen molar-refractivity contribution >= 4 is 5.97 Å². The van der Waals surface area contributed by atoms with E-state index in [4.69, 9.17) is 9.84 Å². The van der Waals surface area contributed by atoms with Crippen molar-refractivity contribution < 1.29 is 14.6 Å². The molecule has 0 fully saturated rings. The van der Waals surface area contributed by atoms with Gasteiger partial charge in [-0.15, -0.1) is 0 Å². The van der Waals surface area contributed by atoms with Crippen molar-refractivity contribution in [3.63, 3.8) is 0 Å². The van der Waals surface area contributed by atoms with Gasteiger partial charge in [-0.05, 0) is 13.3 Å².